The SMILES string of the molecule is CC(C)(C)NCC1CCCCN1CCOCC(F)(F)F. The van der Waals surface area contributed by atoms with Gasteiger partial charge in [0.1, 0.15) is 6.61 Å². The molecule has 0 radical (unpaired) electrons. The van der Waals surface area contributed by atoms with E-state index in [1.807, 2.05) is 0 Å². The molecular weight excluding hydrogens is 269 g/mol. The van der Waals surface area contributed by atoms with E-state index >= 15 is 0 Å². The predicted octanol–water partition coefficient (Wildman–Crippen LogP) is 2.81. The summed E-state index contributed by atoms with van der Waals surface area (Å²) in [6.45, 7) is 7.75. The van der Waals surface area contributed by atoms with Crippen molar-refractivity contribution < 1.29 is 17.9 Å². The maximum absolute atomic E-state index is 12.0. The van der Waals surface area contributed by atoms with Gasteiger partial charge in [-0.15, -0.1) is 0 Å². The van der Waals surface area contributed by atoms with Crippen LogP contribution < -0.4 is 5.32 Å². The molecule has 0 bridgehead atoms. The van der Waals surface area contributed by atoms with Crippen molar-refractivity contribution in [2.24, 2.45) is 0 Å². The molecule has 0 amide bonds. The highest BCUT2D eigenvalue weighted by Crippen LogP contribution is 2.18. The van der Waals surface area contributed by atoms with E-state index in [1.54, 1.807) is 0 Å². The van der Waals surface area contributed by atoms with Crippen LogP contribution in [-0.4, -0.2) is 55.5 Å². The van der Waals surface area contributed by atoms with Crippen LogP contribution in [-0.2, 0) is 4.74 Å². The average Bonchev–Trinajstić information content (AvgIpc) is 2.31. The van der Waals surface area contributed by atoms with Crippen molar-refractivity contribution in [3.63, 3.8) is 0 Å². The molecular formula is C14H27F3N2O. The summed E-state index contributed by atoms with van der Waals surface area (Å²) in [5.41, 5.74) is 0.0654. The minimum atomic E-state index is -4.23. The lowest BCUT2D eigenvalue weighted by Crippen LogP contribution is -2.50. The number of hydrogen-bond donors (Lipinski definition) is 1. The van der Waals surface area contributed by atoms with Gasteiger partial charge in [0, 0.05) is 24.7 Å². The third kappa shape index (κ3) is 8.07. The van der Waals surface area contributed by atoms with E-state index in [0.29, 0.717) is 12.6 Å². The van der Waals surface area contributed by atoms with Crippen LogP contribution in [0, 0.1) is 0 Å². The van der Waals surface area contributed by atoms with E-state index in [9.17, 15) is 13.2 Å². The van der Waals surface area contributed by atoms with Crippen molar-refractivity contribution in [3.05, 3.63) is 0 Å². The molecule has 120 valence electrons. The van der Waals surface area contributed by atoms with Gasteiger partial charge >= 0.3 is 6.18 Å². The third-order valence-electron chi connectivity index (χ3n) is 3.41. The second-order valence-electron chi connectivity index (χ2n) is 6.48. The summed E-state index contributed by atoms with van der Waals surface area (Å²) in [6.07, 6.45) is -0.820. The van der Waals surface area contributed by atoms with Crippen molar-refractivity contribution in [2.75, 3.05) is 32.8 Å². The molecule has 1 saturated heterocycles. The molecule has 1 aliphatic rings. The summed E-state index contributed by atoms with van der Waals surface area (Å²) < 4.78 is 40.7. The van der Waals surface area contributed by atoms with Gasteiger partial charge in [0.15, 0.2) is 0 Å². The van der Waals surface area contributed by atoms with Crippen LogP contribution in [0.5, 0.6) is 0 Å². The summed E-state index contributed by atoms with van der Waals surface area (Å²) >= 11 is 0. The van der Waals surface area contributed by atoms with Crippen LogP contribution in [0.2, 0.25) is 0 Å². The molecule has 1 atom stereocenters. The summed E-state index contributed by atoms with van der Waals surface area (Å²) in [5.74, 6) is 0. The van der Waals surface area contributed by atoms with Gasteiger partial charge in [-0.3, -0.25) is 4.90 Å². The molecule has 3 nitrogen and oxygen atoms in total. The average molecular weight is 296 g/mol. The highest BCUT2D eigenvalue weighted by Gasteiger charge is 2.28. The third-order valence-corrected chi connectivity index (χ3v) is 3.41. The Labute approximate surface area is 119 Å². The quantitative estimate of drug-likeness (QED) is 0.763. The molecule has 6 heteroatoms. The fraction of sp³-hybridized carbons (Fsp3) is 1.00. The fourth-order valence-corrected chi connectivity index (χ4v) is 2.38. The van der Waals surface area contributed by atoms with Crippen LogP contribution in [0.25, 0.3) is 0 Å². The van der Waals surface area contributed by atoms with Crippen molar-refractivity contribution in [3.8, 4) is 0 Å². The largest absolute Gasteiger partial charge is 0.411 e. The van der Waals surface area contributed by atoms with Gasteiger partial charge in [-0.25, -0.2) is 0 Å². The molecule has 0 aromatic rings. The maximum atomic E-state index is 12.0. The minimum absolute atomic E-state index is 0.0654. The summed E-state index contributed by atoms with van der Waals surface area (Å²) in [4.78, 5) is 2.25. The van der Waals surface area contributed by atoms with Crippen LogP contribution in [0.1, 0.15) is 40.0 Å². The number of hydrogen-bond acceptors (Lipinski definition) is 3. The van der Waals surface area contributed by atoms with Crippen LogP contribution in [0.15, 0.2) is 0 Å². The molecule has 0 aromatic heterocycles. The maximum Gasteiger partial charge on any atom is 0.411 e. The zero-order valence-corrected chi connectivity index (χ0v) is 12.7. The van der Waals surface area contributed by atoms with Crippen molar-refractivity contribution in [2.45, 2.75) is 57.8 Å². The Bertz CT molecular complexity index is 277. The van der Waals surface area contributed by atoms with Crippen molar-refractivity contribution in [1.82, 2.24) is 10.2 Å². The molecule has 1 unspecified atom stereocenters. The number of alkyl halides is 3. The first-order valence-corrected chi connectivity index (χ1v) is 7.31. The van der Waals surface area contributed by atoms with E-state index in [-0.39, 0.29) is 12.1 Å². The van der Waals surface area contributed by atoms with Gasteiger partial charge in [-0.2, -0.15) is 13.2 Å². The Hall–Kier alpha value is -0.330. The Morgan fingerprint density at radius 1 is 1.20 bits per heavy atom. The number of likely N-dealkylation sites (tertiary alicyclic amines) is 1. The fourth-order valence-electron chi connectivity index (χ4n) is 2.38. The molecule has 1 rings (SSSR count). The second-order valence-corrected chi connectivity index (χ2v) is 6.48. The monoisotopic (exact) mass is 296 g/mol. The Morgan fingerprint density at radius 3 is 2.50 bits per heavy atom. The first-order chi connectivity index (χ1) is 9.17. The van der Waals surface area contributed by atoms with Crippen molar-refractivity contribution >= 4 is 0 Å². The minimum Gasteiger partial charge on any atom is -0.371 e. The Kier molecular flexibility index (Phi) is 6.75. The molecule has 0 spiro atoms. The Balaban J connectivity index is 2.29. The predicted molar refractivity (Wildman–Crippen MR) is 73.8 cm³/mol. The van der Waals surface area contributed by atoms with Gasteiger partial charge in [0.2, 0.25) is 0 Å². The smallest absolute Gasteiger partial charge is 0.371 e. The molecule has 1 heterocycles. The number of nitrogens with one attached hydrogen (secondary N) is 1. The van der Waals surface area contributed by atoms with Gasteiger partial charge in [-0.05, 0) is 40.2 Å². The van der Waals surface area contributed by atoms with Crippen LogP contribution in [0.4, 0.5) is 13.2 Å². The molecule has 0 saturated carbocycles. The van der Waals surface area contributed by atoms with Gasteiger partial charge in [0.05, 0.1) is 6.61 Å². The van der Waals surface area contributed by atoms with Gasteiger partial charge in [0.25, 0.3) is 0 Å². The highest BCUT2D eigenvalue weighted by molar-refractivity contribution is 4.82. The molecule has 0 aromatic carbocycles. The summed E-state index contributed by atoms with van der Waals surface area (Å²) in [7, 11) is 0. The van der Waals surface area contributed by atoms with Gasteiger partial charge < -0.3 is 10.1 Å². The lowest BCUT2D eigenvalue weighted by atomic mass is 10.0. The van der Waals surface area contributed by atoms with Crippen molar-refractivity contribution in [1.29, 1.82) is 0 Å². The molecule has 20 heavy (non-hydrogen) atoms. The molecule has 0 aliphatic carbocycles. The van der Waals surface area contributed by atoms with Crippen LogP contribution >= 0.6 is 0 Å². The first-order valence-electron chi connectivity index (χ1n) is 7.31. The standard InChI is InChI=1S/C14H27F3N2O/c1-13(2,3)18-10-12-6-4-5-7-19(12)8-9-20-11-14(15,16)17/h12,18H,4-11H2,1-3H3. The number of halogens is 3. The van der Waals surface area contributed by atoms with E-state index in [4.69, 9.17) is 4.74 Å². The second kappa shape index (κ2) is 7.61. The number of piperidine rings is 1. The summed E-state index contributed by atoms with van der Waals surface area (Å²) in [6, 6.07) is 0.400. The normalized spacial score (nSPS) is 22.2. The number of nitrogens with zero attached hydrogens (tertiary/aromatic N) is 1. The highest BCUT2D eigenvalue weighted by atomic mass is 19.4. The molecule has 1 fully saturated rings. The number of rotatable bonds is 6. The summed E-state index contributed by atoms with van der Waals surface area (Å²) in [5, 5.41) is 3.47. The van der Waals surface area contributed by atoms with E-state index in [0.717, 1.165) is 25.9 Å². The van der Waals surface area contributed by atoms with Crippen LogP contribution in [0.3, 0.4) is 0 Å². The first kappa shape index (κ1) is 17.7. The molecule has 1 aliphatic heterocycles. The topological polar surface area (TPSA) is 24.5 Å². The van der Waals surface area contributed by atoms with Gasteiger partial charge in [-0.1, -0.05) is 6.42 Å². The van der Waals surface area contributed by atoms with E-state index in [2.05, 4.69) is 31.0 Å². The Morgan fingerprint density at radius 2 is 1.90 bits per heavy atom. The van der Waals surface area contributed by atoms with E-state index < -0.39 is 12.8 Å². The van der Waals surface area contributed by atoms with E-state index in [1.165, 1.54) is 6.42 Å². The zero-order valence-electron chi connectivity index (χ0n) is 12.7. The lowest BCUT2D eigenvalue weighted by molar-refractivity contribution is -0.175. The molecule has 1 N–H and O–H groups in total. The lowest BCUT2D eigenvalue weighted by Gasteiger charge is -2.37. The zero-order chi connectivity index (χ0) is 15.2. The number of ether oxygens (including phenoxy) is 1.